The molecule has 0 radical (unpaired) electrons. The Balaban J connectivity index is 1.24. The van der Waals surface area contributed by atoms with Crippen molar-refractivity contribution < 1.29 is 13.2 Å². The second-order valence-electron chi connectivity index (χ2n) is 9.72. The van der Waals surface area contributed by atoms with Crippen LogP contribution in [0.25, 0.3) is 10.2 Å². The van der Waals surface area contributed by atoms with Crippen LogP contribution in [0.5, 0.6) is 0 Å². The number of carbonyl (C=O) groups excluding carboxylic acids is 1. The highest BCUT2D eigenvalue weighted by Crippen LogP contribution is 2.32. The molecule has 1 fully saturated rings. The molecule has 3 aromatic rings. The van der Waals surface area contributed by atoms with Crippen molar-refractivity contribution in [3.63, 3.8) is 0 Å². The topological polar surface area (TPSA) is 85.8 Å². The number of sulfonamides is 1. The largest absolute Gasteiger partial charge is 0.351 e. The number of piperazine rings is 1. The Hall–Kier alpha value is -2.53. The average molecular weight is 544 g/mol. The van der Waals surface area contributed by atoms with E-state index < -0.39 is 10.0 Å². The number of fused-ring (bicyclic) bond motifs is 1. The van der Waals surface area contributed by atoms with Crippen LogP contribution in [-0.4, -0.2) is 81.4 Å². The predicted octanol–water partition coefficient (Wildman–Crippen LogP) is 3.89. The van der Waals surface area contributed by atoms with Crippen molar-refractivity contribution >= 4 is 42.6 Å². The number of benzene rings is 2. The Morgan fingerprint density at radius 2 is 1.81 bits per heavy atom. The van der Waals surface area contributed by atoms with Crippen molar-refractivity contribution in [1.82, 2.24) is 19.5 Å². The summed E-state index contributed by atoms with van der Waals surface area (Å²) in [6.07, 6.45) is 1.74. The molecule has 8 nitrogen and oxygen atoms in total. The van der Waals surface area contributed by atoms with Crippen LogP contribution >= 0.6 is 11.3 Å². The maximum atomic E-state index is 12.7. The van der Waals surface area contributed by atoms with Crippen LogP contribution in [0, 0.1) is 13.8 Å². The van der Waals surface area contributed by atoms with Crippen molar-refractivity contribution in [2.75, 3.05) is 57.8 Å². The fourth-order valence-corrected chi connectivity index (χ4v) is 6.83. The summed E-state index contributed by atoms with van der Waals surface area (Å²) in [7, 11) is -1.95. The van der Waals surface area contributed by atoms with Crippen molar-refractivity contribution in [2.45, 2.75) is 38.5 Å². The van der Waals surface area contributed by atoms with Gasteiger partial charge in [-0.05, 0) is 61.7 Å². The number of thiazole rings is 1. The second kappa shape index (κ2) is 11.9. The Kier molecular flexibility index (Phi) is 8.84. The summed E-state index contributed by atoms with van der Waals surface area (Å²) >= 11 is 1.77. The third kappa shape index (κ3) is 6.49. The molecule has 0 atom stereocenters. The summed E-state index contributed by atoms with van der Waals surface area (Å²) in [6.45, 7) is 11.7. The number of amides is 1. The summed E-state index contributed by atoms with van der Waals surface area (Å²) < 4.78 is 28.0. The normalized spacial score (nSPS) is 15.0. The van der Waals surface area contributed by atoms with E-state index in [0.29, 0.717) is 18.7 Å². The first kappa shape index (κ1) is 27.5. The molecule has 1 saturated heterocycles. The van der Waals surface area contributed by atoms with Gasteiger partial charge in [0.15, 0.2) is 5.13 Å². The van der Waals surface area contributed by atoms with Gasteiger partial charge in [0.1, 0.15) is 0 Å². The summed E-state index contributed by atoms with van der Waals surface area (Å²) in [4.78, 5) is 22.4. The highest BCUT2D eigenvalue weighted by Gasteiger charge is 2.22. The number of nitrogens with zero attached hydrogens (tertiary/aromatic N) is 4. The first-order valence-electron chi connectivity index (χ1n) is 12.9. The van der Waals surface area contributed by atoms with E-state index in [4.69, 9.17) is 4.98 Å². The van der Waals surface area contributed by atoms with Gasteiger partial charge >= 0.3 is 0 Å². The molecule has 0 aliphatic carbocycles. The van der Waals surface area contributed by atoms with E-state index in [9.17, 15) is 13.2 Å². The molecule has 1 aliphatic heterocycles. The third-order valence-electron chi connectivity index (χ3n) is 6.82. The Morgan fingerprint density at radius 1 is 1.11 bits per heavy atom. The number of aromatic nitrogens is 1. The standard InChI is InChI=1S/C27H37N5O3S2/c1-5-6-12-30(4)37(34,35)23-9-7-22(8-10-23)26(33)28-11-13-31-14-16-32(17-15-31)27-29-24-19-20(2)18-21(3)25(24)36-27/h7-10,18-19H,5-6,11-17H2,1-4H3,(H,28,33). The predicted molar refractivity (Wildman–Crippen MR) is 151 cm³/mol. The zero-order valence-electron chi connectivity index (χ0n) is 22.2. The lowest BCUT2D eigenvalue weighted by Gasteiger charge is -2.34. The van der Waals surface area contributed by atoms with Gasteiger partial charge in [0.25, 0.3) is 5.91 Å². The number of anilines is 1. The van der Waals surface area contributed by atoms with Crippen LogP contribution in [0.4, 0.5) is 5.13 Å². The monoisotopic (exact) mass is 543 g/mol. The minimum atomic E-state index is -3.53. The van der Waals surface area contributed by atoms with Crippen LogP contribution in [0.1, 0.15) is 41.3 Å². The Morgan fingerprint density at radius 3 is 2.49 bits per heavy atom. The molecule has 200 valence electrons. The molecule has 1 aliphatic rings. The van der Waals surface area contributed by atoms with Gasteiger partial charge in [0.2, 0.25) is 10.0 Å². The molecule has 2 aromatic carbocycles. The smallest absolute Gasteiger partial charge is 0.251 e. The number of nitrogens with one attached hydrogen (secondary N) is 1. The fraction of sp³-hybridized carbons (Fsp3) is 0.481. The zero-order chi connectivity index (χ0) is 26.6. The lowest BCUT2D eigenvalue weighted by atomic mass is 10.1. The molecule has 2 heterocycles. The van der Waals surface area contributed by atoms with Gasteiger partial charge in [-0.15, -0.1) is 0 Å². The van der Waals surface area contributed by atoms with E-state index in [1.807, 2.05) is 6.92 Å². The Labute approximate surface area is 224 Å². The first-order valence-corrected chi connectivity index (χ1v) is 15.1. The zero-order valence-corrected chi connectivity index (χ0v) is 23.8. The van der Waals surface area contributed by atoms with E-state index >= 15 is 0 Å². The van der Waals surface area contributed by atoms with E-state index in [2.05, 4.69) is 41.1 Å². The number of unbranched alkanes of at least 4 members (excludes halogenated alkanes) is 1. The van der Waals surface area contributed by atoms with E-state index in [1.54, 1.807) is 30.5 Å². The highest BCUT2D eigenvalue weighted by molar-refractivity contribution is 7.89. The van der Waals surface area contributed by atoms with E-state index in [1.165, 1.54) is 32.3 Å². The molecular formula is C27H37N5O3S2. The van der Waals surface area contributed by atoms with Crippen molar-refractivity contribution in [3.05, 3.63) is 53.1 Å². The maximum Gasteiger partial charge on any atom is 0.251 e. The molecule has 0 bridgehead atoms. The van der Waals surface area contributed by atoms with Gasteiger partial charge in [-0.1, -0.05) is 30.7 Å². The number of hydrogen-bond donors (Lipinski definition) is 1. The highest BCUT2D eigenvalue weighted by atomic mass is 32.2. The molecule has 0 saturated carbocycles. The molecule has 0 spiro atoms. The summed E-state index contributed by atoms with van der Waals surface area (Å²) in [5.74, 6) is -0.193. The number of rotatable bonds is 10. The van der Waals surface area contributed by atoms with Gasteiger partial charge in [-0.25, -0.2) is 17.7 Å². The molecular weight excluding hydrogens is 506 g/mol. The lowest BCUT2D eigenvalue weighted by Crippen LogP contribution is -2.48. The van der Waals surface area contributed by atoms with E-state index in [0.717, 1.165) is 56.2 Å². The minimum absolute atomic E-state index is 0.193. The third-order valence-corrected chi connectivity index (χ3v) is 9.95. The van der Waals surface area contributed by atoms with Crippen LogP contribution in [0.3, 0.4) is 0 Å². The minimum Gasteiger partial charge on any atom is -0.351 e. The molecule has 4 rings (SSSR count). The first-order chi connectivity index (χ1) is 17.7. The second-order valence-corrected chi connectivity index (χ2v) is 12.7. The van der Waals surface area contributed by atoms with Crippen molar-refractivity contribution in [3.8, 4) is 0 Å². The number of carbonyl (C=O) groups is 1. The molecule has 37 heavy (non-hydrogen) atoms. The van der Waals surface area contributed by atoms with Crippen LogP contribution < -0.4 is 10.2 Å². The summed E-state index contributed by atoms with van der Waals surface area (Å²) in [5, 5.41) is 4.05. The number of aryl methyl sites for hydroxylation is 2. The summed E-state index contributed by atoms with van der Waals surface area (Å²) in [6, 6.07) is 10.5. The van der Waals surface area contributed by atoms with Crippen LogP contribution in [0.2, 0.25) is 0 Å². The maximum absolute atomic E-state index is 12.7. The van der Waals surface area contributed by atoms with Crippen molar-refractivity contribution in [1.29, 1.82) is 0 Å². The number of hydrogen-bond acceptors (Lipinski definition) is 7. The average Bonchev–Trinajstić information content (AvgIpc) is 3.32. The lowest BCUT2D eigenvalue weighted by molar-refractivity contribution is 0.0947. The van der Waals surface area contributed by atoms with Gasteiger partial charge in [0.05, 0.1) is 15.1 Å². The molecule has 0 unspecified atom stereocenters. The van der Waals surface area contributed by atoms with Crippen LogP contribution in [0.15, 0.2) is 41.3 Å². The van der Waals surface area contributed by atoms with Gasteiger partial charge < -0.3 is 10.2 Å². The van der Waals surface area contributed by atoms with Crippen molar-refractivity contribution in [2.24, 2.45) is 0 Å². The summed E-state index contributed by atoms with van der Waals surface area (Å²) in [5.41, 5.74) is 4.06. The SMILES string of the molecule is CCCCN(C)S(=O)(=O)c1ccc(C(=O)NCCN2CCN(c3nc4cc(C)cc(C)c4s3)CC2)cc1. The van der Waals surface area contributed by atoms with Gasteiger partial charge in [0, 0.05) is 58.4 Å². The Bertz CT molecular complexity index is 1330. The van der Waals surface area contributed by atoms with Gasteiger partial charge in [-0.3, -0.25) is 9.69 Å². The molecule has 10 heteroatoms. The van der Waals surface area contributed by atoms with Crippen LogP contribution in [-0.2, 0) is 10.0 Å². The molecule has 1 N–H and O–H groups in total. The quantitative estimate of drug-likeness (QED) is 0.418. The molecule has 1 aromatic heterocycles. The van der Waals surface area contributed by atoms with E-state index in [-0.39, 0.29) is 10.8 Å². The molecule has 1 amide bonds. The fourth-order valence-electron chi connectivity index (χ4n) is 4.55. The van der Waals surface area contributed by atoms with Gasteiger partial charge in [-0.2, -0.15) is 0 Å².